The van der Waals surface area contributed by atoms with Crippen LogP contribution < -0.4 is 15.8 Å². The number of alkyl halides is 1. The largest absolute Gasteiger partial charge is 0.462 e. The summed E-state index contributed by atoms with van der Waals surface area (Å²) >= 11 is 7.97. The lowest BCUT2D eigenvalue weighted by Gasteiger charge is -2.34. The number of hydrogen-bond donors (Lipinski definition) is 3. The topological polar surface area (TPSA) is 119 Å². The van der Waals surface area contributed by atoms with Crippen molar-refractivity contribution in [3.63, 3.8) is 0 Å². The van der Waals surface area contributed by atoms with Gasteiger partial charge in [0.15, 0.2) is 11.6 Å². The zero-order chi connectivity index (χ0) is 33.3. The fourth-order valence-electron chi connectivity index (χ4n) is 8.23. The zero-order valence-corrected chi connectivity index (χ0v) is 27.6. The second-order valence-electron chi connectivity index (χ2n) is 13.3. The van der Waals surface area contributed by atoms with Gasteiger partial charge < -0.3 is 30.5 Å². The Hall–Kier alpha value is -3.70. The van der Waals surface area contributed by atoms with Gasteiger partial charge in [0.25, 0.3) is 0 Å². The predicted molar refractivity (Wildman–Crippen MR) is 179 cm³/mol. The Morgan fingerprint density at radius 1 is 1.25 bits per heavy atom. The Morgan fingerprint density at radius 3 is 2.92 bits per heavy atom. The molecule has 4 aliphatic heterocycles. The number of ether oxygens (including phenoxy) is 2. The molecule has 14 heteroatoms. The molecule has 8 rings (SSSR count). The number of benzene rings is 2. The number of nitriles is 1. The van der Waals surface area contributed by atoms with Gasteiger partial charge in [0.1, 0.15) is 42.2 Å². The Kier molecular flexibility index (Phi) is 7.90. The summed E-state index contributed by atoms with van der Waals surface area (Å²) in [4.78, 5) is 8.79. The SMILES string of the molecule is N#Cc1c(N)sc2c(F)ccc(-c3c(F)c4c5c(c3Cl)NCN=C5N(C3CCCCC(O)C3)C=C(OC[C@@]35CCCN3C[C@H](F)C5)O4)c12. The molecular formula is C34H34ClF3N6O3S. The molecule has 252 valence electrons. The van der Waals surface area contributed by atoms with Crippen molar-refractivity contribution in [2.75, 3.05) is 37.4 Å². The van der Waals surface area contributed by atoms with Crippen molar-refractivity contribution in [1.29, 1.82) is 5.26 Å². The number of hydrogen-bond acceptors (Lipinski definition) is 10. The first-order valence-electron chi connectivity index (χ1n) is 16.3. The van der Waals surface area contributed by atoms with Crippen LogP contribution in [0.3, 0.4) is 0 Å². The van der Waals surface area contributed by atoms with Crippen molar-refractivity contribution >= 4 is 49.5 Å². The van der Waals surface area contributed by atoms with Crippen LogP contribution >= 0.6 is 22.9 Å². The Morgan fingerprint density at radius 2 is 2.08 bits per heavy atom. The van der Waals surface area contributed by atoms with Crippen LogP contribution in [0.15, 0.2) is 29.3 Å². The third-order valence-corrected chi connectivity index (χ3v) is 11.8. The van der Waals surface area contributed by atoms with Crippen LogP contribution in [-0.4, -0.2) is 71.0 Å². The van der Waals surface area contributed by atoms with Crippen LogP contribution in [0.1, 0.15) is 62.5 Å². The highest BCUT2D eigenvalue weighted by molar-refractivity contribution is 7.23. The smallest absolute Gasteiger partial charge is 0.302 e. The second-order valence-corrected chi connectivity index (χ2v) is 14.7. The van der Waals surface area contributed by atoms with E-state index in [1.54, 1.807) is 6.20 Å². The van der Waals surface area contributed by atoms with Crippen molar-refractivity contribution in [1.82, 2.24) is 9.80 Å². The summed E-state index contributed by atoms with van der Waals surface area (Å²) in [6.45, 7) is 1.40. The minimum atomic E-state index is -0.955. The van der Waals surface area contributed by atoms with E-state index >= 15 is 4.39 Å². The normalized spacial score (nSPS) is 26.8. The number of halogens is 4. The first kappa shape index (κ1) is 31.6. The van der Waals surface area contributed by atoms with Gasteiger partial charge in [-0.15, -0.1) is 11.3 Å². The summed E-state index contributed by atoms with van der Waals surface area (Å²) in [6, 6.07) is 4.42. The molecule has 1 aliphatic carbocycles. The fraction of sp³-hybridized carbons (Fsp3) is 0.471. The fourth-order valence-corrected chi connectivity index (χ4v) is 9.53. The van der Waals surface area contributed by atoms with Gasteiger partial charge >= 0.3 is 5.95 Å². The van der Waals surface area contributed by atoms with Crippen LogP contribution in [-0.2, 0) is 4.74 Å². The third-order valence-electron chi connectivity index (χ3n) is 10.4. The summed E-state index contributed by atoms with van der Waals surface area (Å²) in [5, 5.41) is 24.2. The molecule has 9 nitrogen and oxygen atoms in total. The third kappa shape index (κ3) is 4.99. The molecule has 48 heavy (non-hydrogen) atoms. The molecule has 3 fully saturated rings. The summed E-state index contributed by atoms with van der Waals surface area (Å²) < 4.78 is 59.7. The molecule has 1 aromatic heterocycles. The molecule has 1 saturated carbocycles. The lowest BCUT2D eigenvalue weighted by Crippen LogP contribution is -2.42. The number of nitrogens with zero attached hydrogens (tertiary/aromatic N) is 4. The maximum atomic E-state index is 17.2. The number of nitrogen functional groups attached to an aromatic ring is 1. The standard InChI is InChI=1S/C34H34ClF3N6O3S/c35-27-25(20-6-7-22(37)31-24(20)21(12-39)32(40)48-31)28(38)30-26-29(27)41-16-42-33(26)44(18-4-1-2-5-19(45)10-18)14-23(47-30)46-15-34-8-3-9-43(34)13-17(36)11-34/h6-7,14,17-19,41,45H,1-5,8-11,13,15-16,40H2/t17-,18?,19?,34+/m1/s1. The number of rotatable bonds is 5. The molecule has 5 aliphatic rings. The molecule has 2 aromatic carbocycles. The summed E-state index contributed by atoms with van der Waals surface area (Å²) in [6.07, 6.45) is 5.88. The van der Waals surface area contributed by atoms with E-state index in [4.69, 9.17) is 31.8 Å². The van der Waals surface area contributed by atoms with E-state index < -0.39 is 29.4 Å². The second kappa shape index (κ2) is 12.0. The molecule has 4 atom stereocenters. The lowest BCUT2D eigenvalue weighted by molar-refractivity contribution is 0.0253. The number of fused-ring (bicyclic) bond motifs is 2. The number of aliphatic hydroxyl groups is 1. The van der Waals surface area contributed by atoms with Crippen molar-refractivity contribution in [3.05, 3.63) is 52.1 Å². The number of aliphatic imine (C=N–C) groups is 1. The van der Waals surface area contributed by atoms with E-state index in [0.29, 0.717) is 37.3 Å². The number of amidine groups is 1. The molecule has 2 unspecified atom stereocenters. The van der Waals surface area contributed by atoms with Crippen molar-refractivity contribution in [2.24, 2.45) is 4.99 Å². The van der Waals surface area contributed by atoms with Gasteiger partial charge in [0, 0.05) is 30.0 Å². The van der Waals surface area contributed by atoms with Crippen molar-refractivity contribution < 1.29 is 27.8 Å². The zero-order valence-electron chi connectivity index (χ0n) is 26.0. The Balaban J connectivity index is 1.29. The summed E-state index contributed by atoms with van der Waals surface area (Å²) in [5.74, 6) is -1.22. The highest BCUT2D eigenvalue weighted by atomic mass is 35.5. The van der Waals surface area contributed by atoms with E-state index in [1.165, 1.54) is 12.1 Å². The molecule has 0 spiro atoms. The minimum absolute atomic E-state index is 0.00508. The summed E-state index contributed by atoms with van der Waals surface area (Å²) in [7, 11) is 0. The molecular weight excluding hydrogens is 665 g/mol. The number of thiophene rings is 1. The van der Waals surface area contributed by atoms with Crippen LogP contribution in [0, 0.1) is 23.0 Å². The number of nitrogens with one attached hydrogen (secondary N) is 1. The number of nitrogens with two attached hydrogens (primary N) is 1. The van der Waals surface area contributed by atoms with Gasteiger partial charge in [-0.1, -0.05) is 30.5 Å². The minimum Gasteiger partial charge on any atom is -0.462 e. The van der Waals surface area contributed by atoms with E-state index in [1.807, 2.05) is 11.0 Å². The Labute approximate surface area is 284 Å². The van der Waals surface area contributed by atoms with Gasteiger partial charge in [0.2, 0.25) is 0 Å². The molecule has 4 N–H and O–H groups in total. The van der Waals surface area contributed by atoms with Gasteiger partial charge in [-0.3, -0.25) is 4.90 Å². The van der Waals surface area contributed by atoms with Gasteiger partial charge in [-0.05, 0) is 50.3 Å². The maximum Gasteiger partial charge on any atom is 0.302 e. The molecule has 2 saturated heterocycles. The van der Waals surface area contributed by atoms with E-state index in [9.17, 15) is 19.1 Å². The highest BCUT2D eigenvalue weighted by Crippen LogP contribution is 2.51. The van der Waals surface area contributed by atoms with Gasteiger partial charge in [-0.25, -0.2) is 18.2 Å². The van der Waals surface area contributed by atoms with Gasteiger partial charge in [-0.2, -0.15) is 5.26 Å². The van der Waals surface area contributed by atoms with Crippen LogP contribution in [0.5, 0.6) is 5.75 Å². The van der Waals surface area contributed by atoms with E-state index in [2.05, 4.69) is 10.2 Å². The van der Waals surface area contributed by atoms with Crippen molar-refractivity contribution in [2.45, 2.75) is 75.2 Å². The maximum absolute atomic E-state index is 17.2. The molecule has 0 amide bonds. The van der Waals surface area contributed by atoms with Gasteiger partial charge in [0.05, 0.1) is 44.4 Å². The molecule has 0 bridgehead atoms. The first-order valence-corrected chi connectivity index (χ1v) is 17.5. The average molecular weight is 699 g/mol. The number of anilines is 2. The average Bonchev–Trinajstić information content (AvgIpc) is 3.60. The van der Waals surface area contributed by atoms with Crippen LogP contribution in [0.2, 0.25) is 5.02 Å². The predicted octanol–water partition coefficient (Wildman–Crippen LogP) is 6.86. The van der Waals surface area contributed by atoms with Crippen molar-refractivity contribution in [3.8, 4) is 22.9 Å². The van der Waals surface area contributed by atoms with Crippen LogP contribution in [0.25, 0.3) is 21.2 Å². The molecule has 5 heterocycles. The molecule has 3 aromatic rings. The summed E-state index contributed by atoms with van der Waals surface area (Å²) in [5.41, 5.74) is 6.39. The van der Waals surface area contributed by atoms with Crippen LogP contribution in [0.4, 0.5) is 23.9 Å². The Bertz CT molecular complexity index is 1930. The highest BCUT2D eigenvalue weighted by Gasteiger charge is 2.50. The van der Waals surface area contributed by atoms with E-state index in [-0.39, 0.29) is 73.4 Å². The molecule has 0 radical (unpaired) electrons. The lowest BCUT2D eigenvalue weighted by atomic mass is 9.94. The monoisotopic (exact) mass is 698 g/mol. The first-order chi connectivity index (χ1) is 23.2. The van der Waals surface area contributed by atoms with E-state index in [0.717, 1.165) is 50.0 Å². The number of aliphatic hydroxyl groups excluding tert-OH is 1. The quantitative estimate of drug-likeness (QED) is 0.247.